The molecule has 0 aliphatic carbocycles. The number of aryl methyl sites for hydroxylation is 3. The van der Waals surface area contributed by atoms with Crippen molar-refractivity contribution in [3.63, 3.8) is 0 Å². The third kappa shape index (κ3) is 5.58. The molecule has 1 heterocycles. The lowest BCUT2D eigenvalue weighted by molar-refractivity contribution is -0.159. The number of amides is 1. The summed E-state index contributed by atoms with van der Waals surface area (Å²) in [4.78, 5) is 40.3. The van der Waals surface area contributed by atoms with Crippen LogP contribution in [-0.2, 0) is 14.3 Å². The maximum absolute atomic E-state index is 13.4. The molecule has 1 aliphatic heterocycles. The van der Waals surface area contributed by atoms with Crippen molar-refractivity contribution in [1.82, 2.24) is 4.90 Å². The summed E-state index contributed by atoms with van der Waals surface area (Å²) in [6.45, 7) is 11.2. The summed E-state index contributed by atoms with van der Waals surface area (Å²) < 4.78 is 11.3. The summed E-state index contributed by atoms with van der Waals surface area (Å²) in [6.07, 6.45) is -0.513. The zero-order chi connectivity index (χ0) is 24.3. The lowest BCUT2D eigenvalue weighted by atomic mass is 9.95. The van der Waals surface area contributed by atoms with Gasteiger partial charge in [0.15, 0.2) is 0 Å². The average Bonchev–Trinajstić information content (AvgIpc) is 3.06. The maximum Gasteiger partial charge on any atom is 0.330 e. The van der Waals surface area contributed by atoms with E-state index >= 15 is 0 Å². The van der Waals surface area contributed by atoms with Crippen LogP contribution in [0.4, 0.5) is 0 Å². The molecule has 0 bridgehead atoms. The SMILES string of the molecule is Cc1cc(C)c(C(=O)C(=O)N2[C@H](C(=O)OC(C)COc3ccccc3)CSC2(C)C)c(C)c1. The Kier molecular flexibility index (Phi) is 7.52. The van der Waals surface area contributed by atoms with Gasteiger partial charge in [0.25, 0.3) is 11.7 Å². The lowest BCUT2D eigenvalue weighted by Gasteiger charge is -2.33. The van der Waals surface area contributed by atoms with E-state index in [1.54, 1.807) is 6.92 Å². The number of esters is 1. The Morgan fingerprint density at radius 2 is 1.70 bits per heavy atom. The quantitative estimate of drug-likeness (QED) is 0.338. The third-order valence-corrected chi connectivity index (χ3v) is 7.01. The van der Waals surface area contributed by atoms with Crippen LogP contribution in [0.1, 0.15) is 47.8 Å². The molecule has 0 N–H and O–H groups in total. The number of carbonyl (C=O) groups excluding carboxylic acids is 3. The number of carbonyl (C=O) groups is 3. The molecule has 176 valence electrons. The van der Waals surface area contributed by atoms with Crippen molar-refractivity contribution in [3.8, 4) is 5.75 Å². The van der Waals surface area contributed by atoms with E-state index in [2.05, 4.69) is 0 Å². The number of nitrogens with zero attached hydrogens (tertiary/aromatic N) is 1. The molecule has 1 aliphatic rings. The van der Waals surface area contributed by atoms with Gasteiger partial charge in [0.1, 0.15) is 24.5 Å². The van der Waals surface area contributed by atoms with Crippen LogP contribution < -0.4 is 4.74 Å². The van der Waals surface area contributed by atoms with E-state index in [1.165, 1.54) is 16.7 Å². The lowest BCUT2D eigenvalue weighted by Crippen LogP contribution is -2.53. The minimum Gasteiger partial charge on any atom is -0.490 e. The Balaban J connectivity index is 1.74. The summed E-state index contributed by atoms with van der Waals surface area (Å²) >= 11 is 1.45. The number of ether oxygens (including phenoxy) is 2. The molecule has 2 atom stereocenters. The van der Waals surface area contributed by atoms with Gasteiger partial charge < -0.3 is 14.4 Å². The van der Waals surface area contributed by atoms with Crippen LogP contribution in [0.2, 0.25) is 0 Å². The topological polar surface area (TPSA) is 72.9 Å². The number of hydrogen-bond acceptors (Lipinski definition) is 6. The molecule has 0 radical (unpaired) electrons. The molecule has 0 aromatic heterocycles. The monoisotopic (exact) mass is 469 g/mol. The van der Waals surface area contributed by atoms with Gasteiger partial charge >= 0.3 is 5.97 Å². The summed E-state index contributed by atoms with van der Waals surface area (Å²) in [5.41, 5.74) is 2.93. The van der Waals surface area contributed by atoms with E-state index in [4.69, 9.17) is 9.47 Å². The number of rotatable bonds is 7. The minimum absolute atomic E-state index is 0.188. The molecule has 33 heavy (non-hydrogen) atoms. The minimum atomic E-state index is -0.841. The molecule has 1 fully saturated rings. The van der Waals surface area contributed by atoms with Crippen LogP contribution in [0.5, 0.6) is 5.75 Å². The Morgan fingerprint density at radius 1 is 1.09 bits per heavy atom. The zero-order valence-corrected chi connectivity index (χ0v) is 20.8. The van der Waals surface area contributed by atoms with Gasteiger partial charge in [0, 0.05) is 11.3 Å². The van der Waals surface area contributed by atoms with E-state index in [9.17, 15) is 14.4 Å². The fourth-order valence-electron chi connectivity index (χ4n) is 4.16. The molecule has 0 spiro atoms. The van der Waals surface area contributed by atoms with Gasteiger partial charge in [-0.15, -0.1) is 11.8 Å². The summed E-state index contributed by atoms with van der Waals surface area (Å²) in [6, 6.07) is 12.2. The van der Waals surface area contributed by atoms with E-state index in [0.29, 0.717) is 17.1 Å². The molecule has 2 aromatic rings. The second-order valence-electron chi connectivity index (χ2n) is 8.92. The molecular formula is C26H31NO5S. The van der Waals surface area contributed by atoms with E-state index in [1.807, 2.05) is 77.1 Å². The van der Waals surface area contributed by atoms with Crippen molar-refractivity contribution in [3.05, 3.63) is 64.7 Å². The molecule has 1 saturated heterocycles. The molecule has 2 aromatic carbocycles. The predicted octanol–water partition coefficient (Wildman–Crippen LogP) is 4.49. The van der Waals surface area contributed by atoms with Crippen LogP contribution in [0.3, 0.4) is 0 Å². The number of thioether (sulfide) groups is 1. The zero-order valence-electron chi connectivity index (χ0n) is 20.0. The number of benzene rings is 2. The van der Waals surface area contributed by atoms with Crippen molar-refractivity contribution in [2.45, 2.75) is 58.6 Å². The van der Waals surface area contributed by atoms with Gasteiger partial charge in [-0.05, 0) is 64.8 Å². The first-order valence-corrected chi connectivity index (χ1v) is 12.0. The fourth-order valence-corrected chi connectivity index (χ4v) is 5.36. The highest BCUT2D eigenvalue weighted by atomic mass is 32.2. The first-order valence-electron chi connectivity index (χ1n) is 11.0. The first-order chi connectivity index (χ1) is 15.5. The highest BCUT2D eigenvalue weighted by molar-refractivity contribution is 8.00. The summed E-state index contributed by atoms with van der Waals surface area (Å²) in [5.74, 6) is -0.767. The Labute approximate surface area is 199 Å². The Morgan fingerprint density at radius 3 is 2.30 bits per heavy atom. The van der Waals surface area contributed by atoms with Gasteiger partial charge in [-0.3, -0.25) is 9.59 Å². The highest BCUT2D eigenvalue weighted by Gasteiger charge is 2.49. The number of ketones is 1. The summed E-state index contributed by atoms with van der Waals surface area (Å²) in [5, 5.41) is 0. The third-order valence-electron chi connectivity index (χ3n) is 5.62. The average molecular weight is 470 g/mol. The van der Waals surface area contributed by atoms with Crippen LogP contribution in [0.25, 0.3) is 0 Å². The van der Waals surface area contributed by atoms with Gasteiger partial charge in [0.2, 0.25) is 0 Å². The number of Topliss-reactive ketones (excluding diaryl/α,β-unsaturated/α-hetero) is 1. The van der Waals surface area contributed by atoms with Crippen molar-refractivity contribution in [2.24, 2.45) is 0 Å². The smallest absolute Gasteiger partial charge is 0.330 e. The van der Waals surface area contributed by atoms with Crippen LogP contribution >= 0.6 is 11.8 Å². The highest BCUT2D eigenvalue weighted by Crippen LogP contribution is 2.40. The van der Waals surface area contributed by atoms with Gasteiger partial charge in [-0.1, -0.05) is 35.9 Å². The number of para-hydroxylation sites is 1. The normalized spacial score (nSPS) is 18.0. The van der Waals surface area contributed by atoms with Gasteiger partial charge in [-0.25, -0.2) is 4.79 Å². The fraction of sp³-hybridized carbons (Fsp3) is 0.423. The largest absolute Gasteiger partial charge is 0.490 e. The van der Waals surface area contributed by atoms with Crippen molar-refractivity contribution in [2.75, 3.05) is 12.4 Å². The predicted molar refractivity (Wildman–Crippen MR) is 130 cm³/mol. The maximum atomic E-state index is 13.4. The first kappa shape index (κ1) is 24.8. The second kappa shape index (κ2) is 10.00. The molecule has 3 rings (SSSR count). The second-order valence-corrected chi connectivity index (χ2v) is 10.5. The molecule has 7 heteroatoms. The molecule has 6 nitrogen and oxygen atoms in total. The van der Waals surface area contributed by atoms with Gasteiger partial charge in [-0.2, -0.15) is 0 Å². The van der Waals surface area contributed by atoms with E-state index < -0.39 is 34.7 Å². The van der Waals surface area contributed by atoms with E-state index in [0.717, 1.165) is 16.7 Å². The molecule has 1 unspecified atom stereocenters. The molecule has 0 saturated carbocycles. The van der Waals surface area contributed by atoms with Crippen LogP contribution in [0, 0.1) is 20.8 Å². The summed E-state index contributed by atoms with van der Waals surface area (Å²) in [7, 11) is 0. The van der Waals surface area contributed by atoms with Crippen LogP contribution in [0.15, 0.2) is 42.5 Å². The Bertz CT molecular complexity index is 1030. The standard InChI is InChI=1S/C26H31NO5S/c1-16-12-17(2)22(18(3)13-16)23(28)24(29)27-21(15-33-26(27,5)6)25(30)32-19(4)14-31-20-10-8-7-9-11-20/h7-13,19,21H,14-15H2,1-6H3/t19?,21-/m0/s1. The van der Waals surface area contributed by atoms with Crippen LogP contribution in [-0.4, -0.2) is 51.9 Å². The molecule has 1 amide bonds. The van der Waals surface area contributed by atoms with Gasteiger partial charge in [0.05, 0.1) is 4.87 Å². The van der Waals surface area contributed by atoms with Crippen molar-refractivity contribution in [1.29, 1.82) is 0 Å². The van der Waals surface area contributed by atoms with Crippen molar-refractivity contribution < 1.29 is 23.9 Å². The number of hydrogen-bond donors (Lipinski definition) is 0. The van der Waals surface area contributed by atoms with Crippen molar-refractivity contribution >= 4 is 29.4 Å². The van der Waals surface area contributed by atoms with E-state index in [-0.39, 0.29) is 6.61 Å². The molecular weight excluding hydrogens is 438 g/mol. The Hall–Kier alpha value is -2.80.